The molecule has 0 bridgehead atoms. The highest BCUT2D eigenvalue weighted by Gasteiger charge is 1.90. The molecule has 0 aliphatic rings. The standard InChI is InChI=1S/C8H6N2.C6H15N5.ClH/c1-3-7-4-2-6-10-8(7)9-5-1;1-2-3-4-10-6(9)11-5(7)8;/h1-6H;2-4H2,1H3,(H6,7,8,9,10,11);1H. The van der Waals surface area contributed by atoms with Gasteiger partial charge in [-0.05, 0) is 30.7 Å². The average Bonchev–Trinajstić information content (AvgIpc) is 2.47. The Morgan fingerprint density at radius 1 is 1.23 bits per heavy atom. The first-order chi connectivity index (χ1) is 10.1. The molecule has 8 heteroatoms. The van der Waals surface area contributed by atoms with Crippen molar-refractivity contribution in [1.82, 2.24) is 15.3 Å². The van der Waals surface area contributed by atoms with Gasteiger partial charge in [0.05, 0.1) is 0 Å². The van der Waals surface area contributed by atoms with E-state index in [1.165, 1.54) is 0 Å². The van der Waals surface area contributed by atoms with Crippen LogP contribution in [0.3, 0.4) is 0 Å². The number of pyridine rings is 2. The molecule has 6 N–H and O–H groups in total. The maximum atomic E-state index is 6.81. The second-order valence-electron chi connectivity index (χ2n) is 4.21. The van der Waals surface area contributed by atoms with Crippen molar-refractivity contribution in [2.45, 2.75) is 19.8 Å². The van der Waals surface area contributed by atoms with E-state index in [9.17, 15) is 0 Å². The second-order valence-corrected chi connectivity index (χ2v) is 4.21. The molecule has 2 rings (SSSR count). The molecule has 0 radical (unpaired) electrons. The lowest BCUT2D eigenvalue weighted by molar-refractivity contribution is 0.804. The molecule has 0 atom stereocenters. The fraction of sp³-hybridized carbons (Fsp3) is 0.286. The number of halogens is 1. The summed E-state index contributed by atoms with van der Waals surface area (Å²) in [5, 5.41) is 10.3. The van der Waals surface area contributed by atoms with Gasteiger partial charge >= 0.3 is 0 Å². The number of unbranched alkanes of at least 4 members (excludes halogenated alkanes) is 1. The van der Waals surface area contributed by atoms with Gasteiger partial charge < -0.3 is 11.5 Å². The van der Waals surface area contributed by atoms with Crippen molar-refractivity contribution in [3.05, 3.63) is 36.7 Å². The van der Waals surface area contributed by atoms with Gasteiger partial charge in [-0.15, -0.1) is 12.4 Å². The van der Waals surface area contributed by atoms with Crippen LogP contribution in [0.5, 0.6) is 0 Å². The molecular weight excluding hydrogens is 302 g/mol. The Kier molecular flexibility index (Phi) is 10.0. The minimum absolute atomic E-state index is 0. The van der Waals surface area contributed by atoms with Crippen molar-refractivity contribution in [2.75, 3.05) is 6.54 Å². The maximum Gasteiger partial charge on any atom is 0.195 e. The molecule has 0 spiro atoms. The molecule has 2 aromatic rings. The van der Waals surface area contributed by atoms with E-state index in [0.717, 1.165) is 23.9 Å². The lowest BCUT2D eigenvalue weighted by Gasteiger charge is -2.00. The maximum absolute atomic E-state index is 6.81. The van der Waals surface area contributed by atoms with E-state index < -0.39 is 0 Å². The largest absolute Gasteiger partial charge is 0.370 e. The van der Waals surface area contributed by atoms with Gasteiger partial charge in [0.2, 0.25) is 0 Å². The van der Waals surface area contributed by atoms with Gasteiger partial charge in [-0.1, -0.05) is 13.3 Å². The predicted molar refractivity (Wildman–Crippen MR) is 93.2 cm³/mol. The van der Waals surface area contributed by atoms with Gasteiger partial charge in [-0.2, -0.15) is 0 Å². The van der Waals surface area contributed by atoms with E-state index in [4.69, 9.17) is 16.9 Å². The molecule has 0 aliphatic heterocycles. The van der Waals surface area contributed by atoms with E-state index in [1.807, 2.05) is 24.3 Å². The van der Waals surface area contributed by atoms with Crippen LogP contribution in [-0.2, 0) is 0 Å². The van der Waals surface area contributed by atoms with Gasteiger partial charge in [0.15, 0.2) is 17.6 Å². The minimum atomic E-state index is -0.178. The van der Waals surface area contributed by atoms with Crippen LogP contribution in [0.1, 0.15) is 19.8 Å². The van der Waals surface area contributed by atoms with E-state index >= 15 is 0 Å². The smallest absolute Gasteiger partial charge is 0.195 e. The Bertz CT molecular complexity index is 535. The SMILES string of the molecule is CCCCN=C(N)NC(=N)N.Cl.c1cnc2ncccc2c1. The Morgan fingerprint density at radius 2 is 1.82 bits per heavy atom. The Hall–Kier alpha value is -2.41. The van der Waals surface area contributed by atoms with Crippen molar-refractivity contribution in [3.63, 3.8) is 0 Å². The summed E-state index contributed by atoms with van der Waals surface area (Å²) in [6.07, 6.45) is 5.57. The molecule has 0 saturated carbocycles. The van der Waals surface area contributed by atoms with Gasteiger partial charge in [-0.25, -0.2) is 9.97 Å². The normalized spacial score (nSPS) is 10.1. The van der Waals surface area contributed by atoms with Crippen LogP contribution in [0.25, 0.3) is 11.0 Å². The summed E-state index contributed by atoms with van der Waals surface area (Å²) in [5.41, 5.74) is 11.2. The number of aliphatic imine (C=N–C) groups is 1. The highest BCUT2D eigenvalue weighted by atomic mass is 35.5. The zero-order chi connectivity index (χ0) is 15.5. The van der Waals surface area contributed by atoms with Crippen LogP contribution in [0, 0.1) is 5.41 Å². The summed E-state index contributed by atoms with van der Waals surface area (Å²) >= 11 is 0. The molecule has 0 saturated heterocycles. The summed E-state index contributed by atoms with van der Waals surface area (Å²) < 4.78 is 0. The van der Waals surface area contributed by atoms with Crippen LogP contribution < -0.4 is 16.8 Å². The predicted octanol–water partition coefficient (Wildman–Crippen LogP) is 1.64. The number of hydrogen-bond acceptors (Lipinski definition) is 4. The number of guanidine groups is 2. The van der Waals surface area contributed by atoms with Crippen LogP contribution in [0.2, 0.25) is 0 Å². The lowest BCUT2D eigenvalue weighted by Crippen LogP contribution is -2.40. The number of rotatable bonds is 3. The lowest BCUT2D eigenvalue weighted by atomic mass is 10.3. The number of nitrogens with one attached hydrogen (secondary N) is 2. The summed E-state index contributed by atoms with van der Waals surface area (Å²) in [6.45, 7) is 2.76. The minimum Gasteiger partial charge on any atom is -0.370 e. The molecule has 0 fully saturated rings. The molecule has 120 valence electrons. The molecule has 2 heterocycles. The molecule has 0 aliphatic carbocycles. The van der Waals surface area contributed by atoms with Crippen LogP contribution in [0.4, 0.5) is 0 Å². The molecule has 0 unspecified atom stereocenters. The zero-order valence-corrected chi connectivity index (χ0v) is 13.3. The monoisotopic (exact) mass is 323 g/mol. The van der Waals surface area contributed by atoms with Crippen molar-refractivity contribution in [2.24, 2.45) is 16.5 Å². The Morgan fingerprint density at radius 3 is 2.27 bits per heavy atom. The van der Waals surface area contributed by atoms with Crippen molar-refractivity contribution in [1.29, 1.82) is 5.41 Å². The number of nitrogens with zero attached hydrogens (tertiary/aromatic N) is 3. The van der Waals surface area contributed by atoms with Gasteiger partial charge in [-0.3, -0.25) is 15.7 Å². The zero-order valence-electron chi connectivity index (χ0n) is 12.5. The van der Waals surface area contributed by atoms with E-state index in [2.05, 4.69) is 27.2 Å². The first-order valence-corrected chi connectivity index (χ1v) is 6.70. The number of hydrogen-bond donors (Lipinski definition) is 4. The quantitative estimate of drug-likeness (QED) is 0.388. The van der Waals surface area contributed by atoms with Crippen LogP contribution in [-0.4, -0.2) is 28.4 Å². The molecule has 7 nitrogen and oxygen atoms in total. The van der Waals surface area contributed by atoms with Crippen molar-refractivity contribution >= 4 is 35.4 Å². The molecule has 0 aromatic carbocycles. The third kappa shape index (κ3) is 8.01. The first kappa shape index (κ1) is 19.6. The third-order valence-electron chi connectivity index (χ3n) is 2.43. The Labute approximate surface area is 136 Å². The summed E-state index contributed by atoms with van der Waals surface area (Å²) in [6, 6.07) is 7.80. The van der Waals surface area contributed by atoms with Gasteiger partial charge in [0, 0.05) is 24.3 Å². The van der Waals surface area contributed by atoms with Crippen LogP contribution in [0.15, 0.2) is 41.7 Å². The van der Waals surface area contributed by atoms with Crippen molar-refractivity contribution < 1.29 is 0 Å². The number of nitrogens with two attached hydrogens (primary N) is 2. The summed E-state index contributed by atoms with van der Waals surface area (Å²) in [5.74, 6) is 0.0358. The average molecular weight is 324 g/mol. The molecule has 2 aromatic heterocycles. The highest BCUT2D eigenvalue weighted by molar-refractivity contribution is 5.95. The first-order valence-electron chi connectivity index (χ1n) is 6.70. The van der Waals surface area contributed by atoms with E-state index in [-0.39, 0.29) is 24.3 Å². The summed E-state index contributed by atoms with van der Waals surface area (Å²) in [7, 11) is 0. The topological polar surface area (TPSA) is 126 Å². The fourth-order valence-corrected chi connectivity index (χ4v) is 1.44. The summed E-state index contributed by atoms with van der Waals surface area (Å²) in [4.78, 5) is 12.1. The number of aromatic nitrogens is 2. The van der Waals surface area contributed by atoms with E-state index in [0.29, 0.717) is 6.54 Å². The Balaban J connectivity index is 0.000000383. The molecule has 0 amide bonds. The number of fused-ring (bicyclic) bond motifs is 1. The van der Waals surface area contributed by atoms with Crippen molar-refractivity contribution in [3.8, 4) is 0 Å². The third-order valence-corrected chi connectivity index (χ3v) is 2.43. The van der Waals surface area contributed by atoms with Gasteiger partial charge in [0.25, 0.3) is 0 Å². The molecule has 22 heavy (non-hydrogen) atoms. The van der Waals surface area contributed by atoms with Crippen LogP contribution >= 0.6 is 12.4 Å². The van der Waals surface area contributed by atoms with Gasteiger partial charge in [0.1, 0.15) is 0 Å². The highest BCUT2D eigenvalue weighted by Crippen LogP contribution is 2.04. The van der Waals surface area contributed by atoms with E-state index in [1.54, 1.807) is 12.4 Å². The molecular formula is C14H22ClN7. The fourth-order valence-electron chi connectivity index (χ4n) is 1.44. The second kappa shape index (κ2) is 11.3.